The summed E-state index contributed by atoms with van der Waals surface area (Å²) < 4.78 is 29.5. The van der Waals surface area contributed by atoms with E-state index in [9.17, 15) is 23.5 Å². The van der Waals surface area contributed by atoms with Crippen LogP contribution in [0.5, 0.6) is 0 Å². The van der Waals surface area contributed by atoms with Crippen molar-refractivity contribution in [2.45, 2.75) is 37.0 Å². The zero-order valence-corrected chi connectivity index (χ0v) is 16.3. The summed E-state index contributed by atoms with van der Waals surface area (Å²) in [6.45, 7) is 0.0855. The average molecular weight is 427 g/mol. The van der Waals surface area contributed by atoms with Crippen LogP contribution in [-0.2, 0) is 4.79 Å². The molecule has 10 heteroatoms. The number of aromatic nitrogens is 3. The van der Waals surface area contributed by atoms with Crippen LogP contribution in [0.1, 0.15) is 41.2 Å². The third-order valence-corrected chi connectivity index (χ3v) is 5.89. The molecule has 1 saturated carbocycles. The Bertz CT molecular complexity index is 1190. The van der Waals surface area contributed by atoms with Gasteiger partial charge in [-0.05, 0) is 36.6 Å². The molecule has 2 fully saturated rings. The van der Waals surface area contributed by atoms with Gasteiger partial charge in [0.05, 0.1) is 18.8 Å². The fourth-order valence-electron chi connectivity index (χ4n) is 4.05. The van der Waals surface area contributed by atoms with Gasteiger partial charge in [0.2, 0.25) is 0 Å². The smallest absolute Gasteiger partial charge is 0.329 e. The molecule has 2 atom stereocenters. The lowest BCUT2D eigenvalue weighted by Gasteiger charge is -2.25. The van der Waals surface area contributed by atoms with Crippen molar-refractivity contribution < 1.29 is 23.5 Å². The van der Waals surface area contributed by atoms with E-state index < -0.39 is 35.4 Å². The Morgan fingerprint density at radius 2 is 2.06 bits per heavy atom. The quantitative estimate of drug-likeness (QED) is 0.649. The summed E-state index contributed by atoms with van der Waals surface area (Å²) in [5.74, 6) is -1.62. The first-order valence-electron chi connectivity index (χ1n) is 9.93. The fourth-order valence-corrected chi connectivity index (χ4v) is 4.05. The van der Waals surface area contributed by atoms with Gasteiger partial charge in [0.15, 0.2) is 5.65 Å². The number of aliphatic carboxylic acids is 1. The Morgan fingerprint density at radius 3 is 2.77 bits per heavy atom. The van der Waals surface area contributed by atoms with Crippen LogP contribution < -0.4 is 10.2 Å². The van der Waals surface area contributed by atoms with Crippen LogP contribution >= 0.6 is 0 Å². The number of anilines is 1. The summed E-state index contributed by atoms with van der Waals surface area (Å²) in [6.07, 6.45) is 2.76. The highest BCUT2D eigenvalue weighted by molar-refractivity contribution is 6.03. The van der Waals surface area contributed by atoms with Crippen LogP contribution in [0, 0.1) is 5.82 Å². The van der Waals surface area contributed by atoms with Crippen LogP contribution in [0.4, 0.5) is 14.6 Å². The lowest BCUT2D eigenvalue weighted by Crippen LogP contribution is -2.43. The van der Waals surface area contributed by atoms with Crippen molar-refractivity contribution in [2.24, 2.45) is 0 Å². The molecule has 0 radical (unpaired) electrons. The normalized spacial score (nSPS) is 21.9. The first-order valence-corrected chi connectivity index (χ1v) is 9.93. The summed E-state index contributed by atoms with van der Waals surface area (Å²) in [5.41, 5.74) is -0.225. The molecule has 1 saturated heterocycles. The number of hydrogen-bond donors (Lipinski definition) is 2. The van der Waals surface area contributed by atoms with E-state index in [4.69, 9.17) is 0 Å². The molecule has 2 aliphatic rings. The van der Waals surface area contributed by atoms with E-state index in [-0.39, 0.29) is 24.2 Å². The Morgan fingerprint density at radius 1 is 1.26 bits per heavy atom. The van der Waals surface area contributed by atoms with Crippen molar-refractivity contribution in [3.8, 4) is 0 Å². The molecule has 8 nitrogen and oxygen atoms in total. The van der Waals surface area contributed by atoms with E-state index in [0.29, 0.717) is 24.2 Å². The van der Waals surface area contributed by atoms with Gasteiger partial charge in [0.1, 0.15) is 28.9 Å². The molecular weight excluding hydrogens is 408 g/mol. The molecule has 0 bridgehead atoms. The number of nitrogens with zero attached hydrogens (tertiary/aromatic N) is 4. The van der Waals surface area contributed by atoms with Gasteiger partial charge in [-0.15, -0.1) is 0 Å². The van der Waals surface area contributed by atoms with Crippen LogP contribution in [0.2, 0.25) is 0 Å². The zero-order valence-electron chi connectivity index (χ0n) is 16.3. The topological polar surface area (TPSA) is 99.8 Å². The summed E-state index contributed by atoms with van der Waals surface area (Å²) >= 11 is 0. The van der Waals surface area contributed by atoms with Gasteiger partial charge in [-0.2, -0.15) is 5.10 Å². The first kappa shape index (κ1) is 19.4. The SMILES string of the molecule is O=C(NC1(C(=O)O)CC1)c1cnn2ccc(N3CC(F)CC3c3cccc(F)c3)nc12. The number of carboxylic acids is 1. The molecule has 1 amide bonds. The number of amides is 1. The van der Waals surface area contributed by atoms with Gasteiger partial charge in [0.25, 0.3) is 5.91 Å². The molecule has 2 aromatic heterocycles. The highest BCUT2D eigenvalue weighted by atomic mass is 19.1. The number of halogens is 2. The summed E-state index contributed by atoms with van der Waals surface area (Å²) in [5, 5.41) is 16.0. The maximum atomic E-state index is 14.3. The molecule has 160 valence electrons. The molecule has 3 aromatic rings. The first-order chi connectivity index (χ1) is 14.9. The van der Waals surface area contributed by atoms with Gasteiger partial charge >= 0.3 is 5.97 Å². The lowest BCUT2D eigenvalue weighted by atomic mass is 10.0. The molecular formula is C21H19F2N5O3. The number of rotatable bonds is 5. The monoisotopic (exact) mass is 427 g/mol. The van der Waals surface area contributed by atoms with Gasteiger partial charge in [-0.1, -0.05) is 12.1 Å². The number of alkyl halides is 1. The van der Waals surface area contributed by atoms with E-state index in [2.05, 4.69) is 15.4 Å². The molecule has 3 heterocycles. The predicted molar refractivity (Wildman–Crippen MR) is 106 cm³/mol. The number of fused-ring (bicyclic) bond motifs is 1. The van der Waals surface area contributed by atoms with Crippen molar-refractivity contribution in [3.05, 3.63) is 59.7 Å². The number of hydrogen-bond acceptors (Lipinski definition) is 5. The minimum absolute atomic E-state index is 0.0855. The third kappa shape index (κ3) is 3.37. The highest BCUT2D eigenvalue weighted by Crippen LogP contribution is 2.38. The van der Waals surface area contributed by atoms with Gasteiger partial charge < -0.3 is 15.3 Å². The number of benzene rings is 1. The molecule has 2 N–H and O–H groups in total. The summed E-state index contributed by atoms with van der Waals surface area (Å²) in [6, 6.07) is 7.30. The van der Waals surface area contributed by atoms with E-state index in [1.165, 1.54) is 22.8 Å². The molecule has 1 aliphatic heterocycles. The van der Waals surface area contributed by atoms with E-state index in [1.807, 2.05) is 0 Å². The second kappa shape index (κ2) is 7.00. The van der Waals surface area contributed by atoms with Crippen LogP contribution in [0.15, 0.2) is 42.7 Å². The van der Waals surface area contributed by atoms with Crippen molar-refractivity contribution in [2.75, 3.05) is 11.4 Å². The maximum absolute atomic E-state index is 14.3. The van der Waals surface area contributed by atoms with Crippen LogP contribution in [0.3, 0.4) is 0 Å². The fraction of sp³-hybridized carbons (Fsp3) is 0.333. The summed E-state index contributed by atoms with van der Waals surface area (Å²) in [4.78, 5) is 30.4. The number of nitrogens with one attached hydrogen (secondary N) is 1. The van der Waals surface area contributed by atoms with Crippen molar-refractivity contribution in [1.82, 2.24) is 19.9 Å². The standard InChI is InChI=1S/C21H19F2N5O3/c22-13-3-1-2-12(8-13)16-9-14(23)11-27(16)17-4-7-28-18(25-17)15(10-24-28)19(29)26-21(5-6-21)20(30)31/h1-4,7-8,10,14,16H,5-6,9,11H2,(H,26,29)(H,30,31). The number of carbonyl (C=O) groups excluding carboxylic acids is 1. The predicted octanol–water partition coefficient (Wildman–Crippen LogP) is 2.50. The number of carbonyl (C=O) groups is 2. The average Bonchev–Trinajstić information content (AvgIpc) is 3.23. The van der Waals surface area contributed by atoms with E-state index in [1.54, 1.807) is 29.3 Å². The Hall–Kier alpha value is -3.56. The Balaban J connectivity index is 1.48. The van der Waals surface area contributed by atoms with Gasteiger partial charge in [-0.25, -0.2) is 23.1 Å². The van der Waals surface area contributed by atoms with E-state index in [0.717, 1.165) is 0 Å². The second-order valence-electron chi connectivity index (χ2n) is 8.01. The molecule has 5 rings (SSSR count). The van der Waals surface area contributed by atoms with Crippen LogP contribution in [-0.4, -0.2) is 49.8 Å². The Labute approximate surface area is 175 Å². The van der Waals surface area contributed by atoms with Crippen LogP contribution in [0.25, 0.3) is 5.65 Å². The highest BCUT2D eigenvalue weighted by Gasteiger charge is 2.52. The molecule has 1 aliphatic carbocycles. The van der Waals surface area contributed by atoms with E-state index >= 15 is 0 Å². The van der Waals surface area contributed by atoms with Crippen molar-refractivity contribution in [3.63, 3.8) is 0 Å². The van der Waals surface area contributed by atoms with Crippen molar-refractivity contribution in [1.29, 1.82) is 0 Å². The largest absolute Gasteiger partial charge is 0.480 e. The second-order valence-corrected chi connectivity index (χ2v) is 8.01. The summed E-state index contributed by atoms with van der Waals surface area (Å²) in [7, 11) is 0. The zero-order chi connectivity index (χ0) is 21.8. The Kier molecular flexibility index (Phi) is 4.38. The molecule has 1 aromatic carbocycles. The van der Waals surface area contributed by atoms with Crippen molar-refractivity contribution >= 4 is 23.3 Å². The minimum atomic E-state index is -1.23. The third-order valence-electron chi connectivity index (χ3n) is 5.89. The minimum Gasteiger partial charge on any atom is -0.480 e. The van der Waals surface area contributed by atoms with Gasteiger partial charge in [0, 0.05) is 12.6 Å². The van der Waals surface area contributed by atoms with Gasteiger partial charge in [-0.3, -0.25) is 4.79 Å². The molecule has 31 heavy (non-hydrogen) atoms. The number of carboxylic acid groups (broad SMARTS) is 1. The maximum Gasteiger partial charge on any atom is 0.329 e. The lowest BCUT2D eigenvalue weighted by molar-refractivity contribution is -0.140. The molecule has 0 spiro atoms. The molecule has 2 unspecified atom stereocenters.